The van der Waals surface area contributed by atoms with Gasteiger partial charge in [0, 0.05) is 37.7 Å². The lowest BCUT2D eigenvalue weighted by Gasteiger charge is -2.19. The number of ether oxygens (including phenoxy) is 1. The van der Waals surface area contributed by atoms with Crippen molar-refractivity contribution in [2.75, 3.05) is 19.0 Å². The largest absolute Gasteiger partial charge is 0.376 e. The minimum absolute atomic E-state index is 0.0674. The molecule has 1 aliphatic rings. The molecule has 3 aromatic rings. The third kappa shape index (κ3) is 6.86. The minimum Gasteiger partial charge on any atom is -0.376 e. The molecule has 0 aliphatic carbocycles. The molecule has 33 heavy (non-hydrogen) atoms. The van der Waals surface area contributed by atoms with E-state index in [1.165, 1.54) is 12.5 Å². The van der Waals surface area contributed by atoms with Crippen LogP contribution < -0.4 is 5.32 Å². The summed E-state index contributed by atoms with van der Waals surface area (Å²) in [7, 11) is 2.08. The molecular weight excluding hydrogens is 436 g/mol. The van der Waals surface area contributed by atoms with Gasteiger partial charge in [-0.3, -0.25) is 14.7 Å². The van der Waals surface area contributed by atoms with Crippen molar-refractivity contribution >= 4 is 23.4 Å². The number of rotatable bonds is 10. The molecule has 0 unspecified atom stereocenters. The molecule has 3 heterocycles. The molecule has 0 spiro atoms. The Balaban J connectivity index is 1.42. The standard InChI is InChI=1S/C24H30N6O2S/c1-18(31)26-20-10-8-19(9-11-20)14-29(2)16-23-27-28-24(30(23)15-22-7-5-13-32-22)33-17-21-6-3-4-12-25-21/h3-4,6,8-12,22H,5,7,13-17H2,1-2H3,(H,26,31)/t22-/m0/s1. The number of hydrogen-bond acceptors (Lipinski definition) is 7. The Hall–Kier alpha value is -2.75. The Morgan fingerprint density at radius 1 is 1.21 bits per heavy atom. The highest BCUT2D eigenvalue weighted by molar-refractivity contribution is 7.98. The Bertz CT molecular complexity index is 1030. The average Bonchev–Trinajstić information content (AvgIpc) is 3.45. The number of aromatic nitrogens is 4. The summed E-state index contributed by atoms with van der Waals surface area (Å²) >= 11 is 1.66. The van der Waals surface area contributed by atoms with E-state index in [-0.39, 0.29) is 12.0 Å². The summed E-state index contributed by atoms with van der Waals surface area (Å²) in [6.45, 7) is 4.55. The van der Waals surface area contributed by atoms with Crippen LogP contribution >= 0.6 is 11.8 Å². The van der Waals surface area contributed by atoms with E-state index in [4.69, 9.17) is 4.74 Å². The highest BCUT2D eigenvalue weighted by Gasteiger charge is 2.22. The fraction of sp³-hybridized carbons (Fsp3) is 0.417. The number of nitrogens with one attached hydrogen (secondary N) is 1. The predicted molar refractivity (Wildman–Crippen MR) is 129 cm³/mol. The van der Waals surface area contributed by atoms with Crippen molar-refractivity contribution in [1.29, 1.82) is 0 Å². The molecule has 0 radical (unpaired) electrons. The molecule has 1 atom stereocenters. The molecule has 0 bridgehead atoms. The Labute approximate surface area is 198 Å². The van der Waals surface area contributed by atoms with E-state index in [1.807, 2.05) is 48.7 Å². The Morgan fingerprint density at radius 3 is 2.76 bits per heavy atom. The molecule has 0 saturated carbocycles. The Morgan fingerprint density at radius 2 is 2.06 bits per heavy atom. The van der Waals surface area contributed by atoms with Gasteiger partial charge >= 0.3 is 0 Å². The summed E-state index contributed by atoms with van der Waals surface area (Å²) in [4.78, 5) is 17.9. The third-order valence-corrected chi connectivity index (χ3v) is 6.42. The molecule has 174 valence electrons. The molecule has 1 aromatic carbocycles. The summed E-state index contributed by atoms with van der Waals surface area (Å²) in [6.07, 6.45) is 4.20. The number of hydrogen-bond donors (Lipinski definition) is 1. The first-order valence-electron chi connectivity index (χ1n) is 11.2. The normalized spacial score (nSPS) is 15.8. The van der Waals surface area contributed by atoms with E-state index >= 15 is 0 Å². The number of thioether (sulfide) groups is 1. The lowest BCUT2D eigenvalue weighted by Crippen LogP contribution is -2.23. The fourth-order valence-corrected chi connectivity index (χ4v) is 4.73. The highest BCUT2D eigenvalue weighted by atomic mass is 32.2. The van der Waals surface area contributed by atoms with E-state index < -0.39 is 0 Å². The Kier molecular flexibility index (Phi) is 8.09. The van der Waals surface area contributed by atoms with Crippen molar-refractivity contribution in [2.24, 2.45) is 0 Å². The zero-order chi connectivity index (χ0) is 23.0. The monoisotopic (exact) mass is 466 g/mol. The second kappa shape index (κ2) is 11.4. The lowest BCUT2D eigenvalue weighted by atomic mass is 10.2. The molecular formula is C24H30N6O2S. The number of amides is 1. The molecule has 2 aromatic heterocycles. The molecule has 9 heteroatoms. The summed E-state index contributed by atoms with van der Waals surface area (Å²) in [6, 6.07) is 13.9. The van der Waals surface area contributed by atoms with Crippen molar-refractivity contribution in [2.45, 2.75) is 56.4 Å². The molecule has 1 fully saturated rings. The molecule has 1 amide bonds. The van der Waals surface area contributed by atoms with Crippen LogP contribution in [0.15, 0.2) is 53.8 Å². The molecule has 4 rings (SSSR count). The maximum Gasteiger partial charge on any atom is 0.221 e. The van der Waals surface area contributed by atoms with E-state index in [1.54, 1.807) is 11.8 Å². The van der Waals surface area contributed by atoms with E-state index in [2.05, 4.69) is 37.0 Å². The van der Waals surface area contributed by atoms with E-state index in [0.29, 0.717) is 6.54 Å². The van der Waals surface area contributed by atoms with Crippen LogP contribution in [0.25, 0.3) is 0 Å². The number of carbonyl (C=O) groups excluding carboxylic acids is 1. The summed E-state index contributed by atoms with van der Waals surface area (Å²) < 4.78 is 8.11. The second-order valence-corrected chi connectivity index (χ2v) is 9.25. The number of anilines is 1. The van der Waals surface area contributed by atoms with Crippen molar-refractivity contribution in [3.8, 4) is 0 Å². The van der Waals surface area contributed by atoms with Crippen LogP contribution in [-0.4, -0.2) is 50.3 Å². The van der Waals surface area contributed by atoms with Crippen LogP contribution in [0, 0.1) is 0 Å². The first-order chi connectivity index (χ1) is 16.1. The van der Waals surface area contributed by atoms with Gasteiger partial charge < -0.3 is 14.6 Å². The maximum absolute atomic E-state index is 11.2. The molecule has 8 nitrogen and oxygen atoms in total. The fourth-order valence-electron chi connectivity index (χ4n) is 3.85. The van der Waals surface area contributed by atoms with Gasteiger partial charge in [-0.1, -0.05) is 30.0 Å². The minimum atomic E-state index is -0.0674. The van der Waals surface area contributed by atoms with Crippen molar-refractivity contribution < 1.29 is 9.53 Å². The maximum atomic E-state index is 11.2. The first kappa shape index (κ1) is 23.4. The zero-order valence-corrected chi connectivity index (χ0v) is 19.9. The van der Waals surface area contributed by atoms with Gasteiger partial charge in [0.2, 0.25) is 5.91 Å². The van der Waals surface area contributed by atoms with Crippen LogP contribution in [0.5, 0.6) is 0 Å². The van der Waals surface area contributed by atoms with Gasteiger partial charge in [0.1, 0.15) is 5.82 Å². The quantitative estimate of drug-likeness (QED) is 0.456. The van der Waals surface area contributed by atoms with Crippen LogP contribution in [0.2, 0.25) is 0 Å². The topological polar surface area (TPSA) is 85.2 Å². The number of nitrogens with zero attached hydrogens (tertiary/aromatic N) is 5. The van der Waals surface area contributed by atoms with Crippen LogP contribution in [0.1, 0.15) is 36.8 Å². The van der Waals surface area contributed by atoms with Gasteiger partial charge in [0.05, 0.1) is 24.9 Å². The highest BCUT2D eigenvalue weighted by Crippen LogP contribution is 2.24. The first-order valence-corrected chi connectivity index (χ1v) is 12.2. The molecule has 1 N–H and O–H groups in total. The third-order valence-electron chi connectivity index (χ3n) is 5.42. The number of benzene rings is 1. The summed E-state index contributed by atoms with van der Waals surface area (Å²) in [5.74, 6) is 1.62. The van der Waals surface area contributed by atoms with Crippen LogP contribution in [0.3, 0.4) is 0 Å². The van der Waals surface area contributed by atoms with Crippen molar-refractivity contribution in [3.63, 3.8) is 0 Å². The summed E-state index contributed by atoms with van der Waals surface area (Å²) in [5, 5.41) is 12.7. The van der Waals surface area contributed by atoms with Gasteiger partial charge in [-0.15, -0.1) is 10.2 Å². The van der Waals surface area contributed by atoms with Crippen LogP contribution in [0.4, 0.5) is 5.69 Å². The average molecular weight is 467 g/mol. The zero-order valence-electron chi connectivity index (χ0n) is 19.1. The van der Waals surface area contributed by atoms with Gasteiger partial charge in [-0.2, -0.15) is 0 Å². The SMILES string of the molecule is CC(=O)Nc1ccc(CN(C)Cc2nnc(SCc3ccccn3)n2C[C@@H]2CCCO2)cc1. The van der Waals surface area contributed by atoms with E-state index in [0.717, 1.165) is 60.7 Å². The van der Waals surface area contributed by atoms with Crippen molar-refractivity contribution in [1.82, 2.24) is 24.6 Å². The molecule has 1 aliphatic heterocycles. The van der Waals surface area contributed by atoms with Gasteiger partial charge in [0.25, 0.3) is 0 Å². The summed E-state index contributed by atoms with van der Waals surface area (Å²) in [5.41, 5.74) is 3.00. The lowest BCUT2D eigenvalue weighted by molar-refractivity contribution is -0.114. The van der Waals surface area contributed by atoms with Gasteiger partial charge in [-0.25, -0.2) is 0 Å². The predicted octanol–water partition coefficient (Wildman–Crippen LogP) is 3.73. The van der Waals surface area contributed by atoms with Crippen LogP contribution in [-0.2, 0) is 34.9 Å². The second-order valence-electron chi connectivity index (χ2n) is 8.30. The van der Waals surface area contributed by atoms with Gasteiger partial charge in [-0.05, 0) is 49.7 Å². The van der Waals surface area contributed by atoms with E-state index in [9.17, 15) is 4.79 Å². The number of carbonyl (C=O) groups is 1. The smallest absolute Gasteiger partial charge is 0.221 e. The van der Waals surface area contributed by atoms with Gasteiger partial charge in [0.15, 0.2) is 5.16 Å². The van der Waals surface area contributed by atoms with Crippen molar-refractivity contribution in [3.05, 3.63) is 65.7 Å². The number of pyridine rings is 1. The molecule has 1 saturated heterocycles.